The van der Waals surface area contributed by atoms with Crippen LogP contribution in [-0.2, 0) is 12.8 Å². The Labute approximate surface area is 166 Å². The average Bonchev–Trinajstić information content (AvgIpc) is 2.74. The predicted molar refractivity (Wildman–Crippen MR) is 114 cm³/mol. The van der Waals surface area contributed by atoms with Gasteiger partial charge in [-0.05, 0) is 48.7 Å². The third-order valence-corrected chi connectivity index (χ3v) is 4.56. The maximum absolute atomic E-state index is 12.2. The summed E-state index contributed by atoms with van der Waals surface area (Å²) in [5.41, 5.74) is 5.08. The summed E-state index contributed by atoms with van der Waals surface area (Å²) in [6, 6.07) is 19.5. The average molecular weight is 371 g/mol. The molecule has 3 rings (SSSR count). The van der Waals surface area contributed by atoms with Crippen molar-refractivity contribution in [3.8, 4) is 5.75 Å². The van der Waals surface area contributed by atoms with Crippen molar-refractivity contribution in [1.29, 1.82) is 0 Å². The van der Waals surface area contributed by atoms with E-state index in [2.05, 4.69) is 24.0 Å². The van der Waals surface area contributed by atoms with Crippen LogP contribution in [0.3, 0.4) is 0 Å². The van der Waals surface area contributed by atoms with E-state index in [-0.39, 0.29) is 5.78 Å². The molecule has 2 aromatic carbocycles. The molecule has 0 amide bonds. The molecule has 0 fully saturated rings. The predicted octanol–water partition coefficient (Wildman–Crippen LogP) is 5.47. The number of aryl methyl sites for hydroxylation is 2. The van der Waals surface area contributed by atoms with Crippen molar-refractivity contribution in [2.75, 3.05) is 6.61 Å². The molecule has 142 valence electrons. The Hall–Kier alpha value is -3.20. The molecule has 3 aromatic rings. The SMILES string of the molecule is CCc1ccc(CCOc2ccc(/C=C/C(=O)c3ccc(C)cc3)cc2)nc1. The second kappa shape index (κ2) is 9.65. The zero-order chi connectivity index (χ0) is 19.8. The monoisotopic (exact) mass is 371 g/mol. The van der Waals surface area contributed by atoms with Crippen molar-refractivity contribution in [2.45, 2.75) is 26.7 Å². The Morgan fingerprint density at radius 3 is 2.39 bits per heavy atom. The standard InChI is InChI=1S/C25H25NO2/c1-3-20-6-12-23(26-18-20)16-17-28-24-13-7-21(8-14-24)9-15-25(27)22-10-4-19(2)5-11-22/h4-15,18H,3,16-17H2,1-2H3/b15-9+. The normalized spacial score (nSPS) is 10.9. The van der Waals surface area contributed by atoms with E-state index >= 15 is 0 Å². The zero-order valence-electron chi connectivity index (χ0n) is 16.4. The van der Waals surface area contributed by atoms with Gasteiger partial charge >= 0.3 is 0 Å². The highest BCUT2D eigenvalue weighted by molar-refractivity contribution is 6.06. The molecule has 0 aliphatic carbocycles. The number of carbonyl (C=O) groups excluding carboxylic acids is 1. The van der Waals surface area contributed by atoms with Gasteiger partial charge in [-0.15, -0.1) is 0 Å². The van der Waals surface area contributed by atoms with E-state index in [9.17, 15) is 4.79 Å². The summed E-state index contributed by atoms with van der Waals surface area (Å²) in [5.74, 6) is 0.814. The van der Waals surface area contributed by atoms with Gasteiger partial charge in [0.25, 0.3) is 0 Å². The molecule has 0 aliphatic rings. The minimum absolute atomic E-state index is 0.00178. The van der Waals surface area contributed by atoms with Crippen LogP contribution in [0.15, 0.2) is 72.9 Å². The van der Waals surface area contributed by atoms with E-state index in [1.807, 2.05) is 67.7 Å². The number of hydrogen-bond donors (Lipinski definition) is 0. The van der Waals surface area contributed by atoms with E-state index in [1.165, 1.54) is 5.56 Å². The first-order valence-electron chi connectivity index (χ1n) is 9.60. The summed E-state index contributed by atoms with van der Waals surface area (Å²) < 4.78 is 5.80. The summed E-state index contributed by atoms with van der Waals surface area (Å²) in [6.07, 6.45) is 7.13. The Morgan fingerprint density at radius 1 is 1.00 bits per heavy atom. The Kier molecular flexibility index (Phi) is 6.74. The topological polar surface area (TPSA) is 39.2 Å². The van der Waals surface area contributed by atoms with E-state index in [0.717, 1.165) is 35.4 Å². The Morgan fingerprint density at radius 2 is 1.75 bits per heavy atom. The number of pyridine rings is 1. The second-order valence-corrected chi connectivity index (χ2v) is 6.74. The molecular formula is C25H25NO2. The molecular weight excluding hydrogens is 346 g/mol. The molecule has 0 unspecified atom stereocenters. The number of aromatic nitrogens is 1. The van der Waals surface area contributed by atoms with Crippen LogP contribution in [0.25, 0.3) is 6.08 Å². The van der Waals surface area contributed by atoms with Crippen LogP contribution in [0.5, 0.6) is 5.75 Å². The fraction of sp³-hybridized carbons (Fsp3) is 0.200. The van der Waals surface area contributed by atoms with Crippen molar-refractivity contribution < 1.29 is 9.53 Å². The molecule has 0 saturated carbocycles. The number of allylic oxidation sites excluding steroid dienone is 1. The lowest BCUT2D eigenvalue weighted by Gasteiger charge is -2.06. The molecule has 0 atom stereocenters. The molecule has 0 saturated heterocycles. The van der Waals surface area contributed by atoms with Crippen molar-refractivity contribution in [3.05, 3.63) is 101 Å². The molecule has 1 heterocycles. The lowest BCUT2D eigenvalue weighted by molar-refractivity contribution is 0.104. The van der Waals surface area contributed by atoms with Gasteiger partial charge in [0.05, 0.1) is 6.61 Å². The molecule has 28 heavy (non-hydrogen) atoms. The van der Waals surface area contributed by atoms with Crippen LogP contribution in [0.4, 0.5) is 0 Å². The van der Waals surface area contributed by atoms with Gasteiger partial charge in [-0.3, -0.25) is 9.78 Å². The van der Waals surface area contributed by atoms with Gasteiger partial charge in [0, 0.05) is 23.9 Å². The van der Waals surface area contributed by atoms with Crippen LogP contribution in [0.2, 0.25) is 0 Å². The number of nitrogens with zero attached hydrogens (tertiary/aromatic N) is 1. The molecule has 0 aliphatic heterocycles. The summed E-state index contributed by atoms with van der Waals surface area (Å²) >= 11 is 0. The number of benzene rings is 2. The van der Waals surface area contributed by atoms with Gasteiger partial charge in [-0.25, -0.2) is 0 Å². The highest BCUT2D eigenvalue weighted by Gasteiger charge is 2.01. The van der Waals surface area contributed by atoms with E-state index in [4.69, 9.17) is 4.74 Å². The van der Waals surface area contributed by atoms with Crippen molar-refractivity contribution in [2.24, 2.45) is 0 Å². The first-order chi connectivity index (χ1) is 13.6. The van der Waals surface area contributed by atoms with Gasteiger partial charge in [0.15, 0.2) is 5.78 Å². The van der Waals surface area contributed by atoms with Crippen molar-refractivity contribution in [1.82, 2.24) is 4.98 Å². The quantitative estimate of drug-likeness (QED) is 0.389. The lowest BCUT2D eigenvalue weighted by atomic mass is 10.1. The van der Waals surface area contributed by atoms with Crippen LogP contribution in [0.1, 0.15) is 39.7 Å². The van der Waals surface area contributed by atoms with Gasteiger partial charge in [0.2, 0.25) is 0 Å². The van der Waals surface area contributed by atoms with E-state index < -0.39 is 0 Å². The van der Waals surface area contributed by atoms with Gasteiger partial charge < -0.3 is 4.74 Å². The fourth-order valence-electron chi connectivity index (χ4n) is 2.75. The van der Waals surface area contributed by atoms with E-state index in [1.54, 1.807) is 6.08 Å². The molecule has 0 bridgehead atoms. The Bertz CT molecular complexity index is 924. The summed E-state index contributed by atoms with van der Waals surface area (Å²) in [6.45, 7) is 4.71. The minimum Gasteiger partial charge on any atom is -0.493 e. The van der Waals surface area contributed by atoms with Crippen LogP contribution in [0, 0.1) is 6.92 Å². The number of carbonyl (C=O) groups is 1. The third kappa shape index (κ3) is 5.65. The van der Waals surface area contributed by atoms with Crippen LogP contribution in [-0.4, -0.2) is 17.4 Å². The zero-order valence-corrected chi connectivity index (χ0v) is 16.4. The molecule has 0 N–H and O–H groups in total. The minimum atomic E-state index is 0.00178. The van der Waals surface area contributed by atoms with Gasteiger partial charge in [-0.1, -0.05) is 61.0 Å². The number of hydrogen-bond acceptors (Lipinski definition) is 3. The van der Waals surface area contributed by atoms with Crippen molar-refractivity contribution in [3.63, 3.8) is 0 Å². The highest BCUT2D eigenvalue weighted by Crippen LogP contribution is 2.14. The van der Waals surface area contributed by atoms with Crippen molar-refractivity contribution >= 4 is 11.9 Å². The summed E-state index contributed by atoms with van der Waals surface area (Å²) in [4.78, 5) is 16.6. The van der Waals surface area contributed by atoms with Gasteiger partial charge in [-0.2, -0.15) is 0 Å². The second-order valence-electron chi connectivity index (χ2n) is 6.74. The fourth-order valence-corrected chi connectivity index (χ4v) is 2.75. The molecule has 3 nitrogen and oxygen atoms in total. The van der Waals surface area contributed by atoms with E-state index in [0.29, 0.717) is 12.2 Å². The summed E-state index contributed by atoms with van der Waals surface area (Å²) in [5, 5.41) is 0. The third-order valence-electron chi connectivity index (χ3n) is 4.56. The molecule has 0 spiro atoms. The lowest BCUT2D eigenvalue weighted by Crippen LogP contribution is -2.03. The number of rotatable bonds is 8. The molecule has 1 aromatic heterocycles. The number of ketones is 1. The Balaban J connectivity index is 1.50. The van der Waals surface area contributed by atoms with Gasteiger partial charge in [0.1, 0.15) is 5.75 Å². The number of ether oxygens (including phenoxy) is 1. The van der Waals surface area contributed by atoms with Crippen LogP contribution < -0.4 is 4.74 Å². The maximum atomic E-state index is 12.2. The highest BCUT2D eigenvalue weighted by atomic mass is 16.5. The summed E-state index contributed by atoms with van der Waals surface area (Å²) in [7, 11) is 0. The first-order valence-corrected chi connectivity index (χ1v) is 9.60. The molecule has 3 heteroatoms. The molecule has 0 radical (unpaired) electrons. The smallest absolute Gasteiger partial charge is 0.185 e. The first kappa shape index (κ1) is 19.6. The largest absolute Gasteiger partial charge is 0.493 e. The van der Waals surface area contributed by atoms with Crippen LogP contribution >= 0.6 is 0 Å². The maximum Gasteiger partial charge on any atom is 0.185 e.